The number of nitrogens with zero attached hydrogens (tertiary/aromatic N) is 4. The summed E-state index contributed by atoms with van der Waals surface area (Å²) < 4.78 is 4.16. The van der Waals surface area contributed by atoms with E-state index in [4.69, 9.17) is 0 Å². The minimum absolute atomic E-state index is 0.0576. The molecule has 6 heteroatoms. The summed E-state index contributed by atoms with van der Waals surface area (Å²) >= 11 is 0. The van der Waals surface area contributed by atoms with Crippen LogP contribution in [0.5, 0.6) is 0 Å². The van der Waals surface area contributed by atoms with Gasteiger partial charge in [0.1, 0.15) is 0 Å². The Kier molecular flexibility index (Phi) is 4.92. The number of fused-ring (bicyclic) bond motifs is 2. The molecule has 2 aromatic heterocycles. The van der Waals surface area contributed by atoms with Crippen molar-refractivity contribution in [3.8, 4) is 0 Å². The Labute approximate surface area is 170 Å². The highest BCUT2D eigenvalue weighted by molar-refractivity contribution is 5.79. The van der Waals surface area contributed by atoms with Crippen LogP contribution in [0.25, 0.3) is 0 Å². The molecule has 1 aliphatic carbocycles. The molecular weight excluding hydrogens is 362 g/mol. The maximum absolute atomic E-state index is 12.8. The van der Waals surface area contributed by atoms with E-state index in [-0.39, 0.29) is 11.9 Å². The maximum atomic E-state index is 12.8. The fraction of sp³-hybridized carbons (Fsp3) is 0.435. The van der Waals surface area contributed by atoms with Gasteiger partial charge in [-0.05, 0) is 44.1 Å². The molecule has 0 fully saturated rings. The van der Waals surface area contributed by atoms with Crippen LogP contribution in [0.1, 0.15) is 59.8 Å². The van der Waals surface area contributed by atoms with Crippen LogP contribution in [-0.2, 0) is 37.1 Å². The zero-order chi connectivity index (χ0) is 19.6. The van der Waals surface area contributed by atoms with E-state index in [1.807, 2.05) is 18.5 Å². The normalized spacial score (nSPS) is 18.1. The summed E-state index contributed by atoms with van der Waals surface area (Å²) in [5.41, 5.74) is 6.01. The smallest absolute Gasteiger partial charge is 0.225 e. The number of hydrogen-bond donors (Lipinski definition) is 1. The molecule has 0 saturated carbocycles. The summed E-state index contributed by atoms with van der Waals surface area (Å²) in [4.78, 5) is 12.8. The van der Waals surface area contributed by atoms with Crippen LogP contribution < -0.4 is 5.32 Å². The molecule has 0 saturated heterocycles. The van der Waals surface area contributed by atoms with Crippen LogP contribution in [0.3, 0.4) is 0 Å². The molecule has 1 aromatic carbocycles. The van der Waals surface area contributed by atoms with E-state index in [9.17, 15) is 4.79 Å². The number of amides is 1. The fourth-order valence-electron chi connectivity index (χ4n) is 4.71. The minimum atomic E-state index is 0.0576. The molecule has 3 aromatic rings. The molecule has 0 radical (unpaired) electrons. The summed E-state index contributed by atoms with van der Waals surface area (Å²) in [5.74, 6) is 0.0834. The number of nitrogens with one attached hydrogen (secondary N) is 1. The molecule has 3 heterocycles. The highest BCUT2D eigenvalue weighted by atomic mass is 16.1. The van der Waals surface area contributed by atoms with E-state index in [2.05, 4.69) is 49.1 Å². The number of benzene rings is 1. The first kappa shape index (κ1) is 18.2. The van der Waals surface area contributed by atoms with Gasteiger partial charge in [-0.1, -0.05) is 30.3 Å². The van der Waals surface area contributed by atoms with Crippen molar-refractivity contribution in [1.82, 2.24) is 24.9 Å². The van der Waals surface area contributed by atoms with Crippen molar-refractivity contribution in [2.45, 2.75) is 64.1 Å². The third kappa shape index (κ3) is 3.71. The van der Waals surface area contributed by atoms with Gasteiger partial charge in [-0.2, -0.15) is 10.2 Å². The molecule has 5 rings (SSSR count). The number of hydrogen-bond acceptors (Lipinski definition) is 3. The summed E-state index contributed by atoms with van der Waals surface area (Å²) in [7, 11) is 0. The lowest BCUT2D eigenvalue weighted by Crippen LogP contribution is -2.32. The quantitative estimate of drug-likeness (QED) is 0.729. The van der Waals surface area contributed by atoms with E-state index in [0.29, 0.717) is 6.42 Å². The van der Waals surface area contributed by atoms with Gasteiger partial charge in [-0.15, -0.1) is 0 Å². The number of carbonyl (C=O) groups excluding carboxylic acids is 1. The maximum Gasteiger partial charge on any atom is 0.225 e. The third-order valence-corrected chi connectivity index (χ3v) is 6.19. The van der Waals surface area contributed by atoms with Gasteiger partial charge in [0.15, 0.2) is 0 Å². The van der Waals surface area contributed by atoms with Crippen molar-refractivity contribution >= 4 is 5.91 Å². The average molecular weight is 390 g/mol. The Morgan fingerprint density at radius 2 is 1.90 bits per heavy atom. The highest BCUT2D eigenvalue weighted by Crippen LogP contribution is 2.30. The largest absolute Gasteiger partial charge is 0.349 e. The van der Waals surface area contributed by atoms with Gasteiger partial charge < -0.3 is 5.32 Å². The van der Waals surface area contributed by atoms with Gasteiger partial charge in [0, 0.05) is 29.1 Å². The minimum Gasteiger partial charge on any atom is -0.349 e. The van der Waals surface area contributed by atoms with Gasteiger partial charge in [-0.25, -0.2) is 0 Å². The SMILES string of the molecule is O=C(Cc1cnn2c1CCCC2)NC1CCCc2c1cnn2Cc1ccccc1. The third-order valence-electron chi connectivity index (χ3n) is 6.19. The number of carbonyl (C=O) groups is 1. The predicted octanol–water partition coefficient (Wildman–Crippen LogP) is 3.20. The first-order valence-electron chi connectivity index (χ1n) is 10.7. The van der Waals surface area contributed by atoms with Crippen LogP contribution >= 0.6 is 0 Å². The van der Waals surface area contributed by atoms with E-state index in [1.165, 1.54) is 35.4 Å². The standard InChI is InChI=1S/C23H27N5O/c29-23(13-18-14-24-27-12-5-4-10-21(18)27)26-20-9-6-11-22-19(20)15-25-28(22)16-17-7-2-1-3-8-17/h1-3,7-8,14-15,20H,4-6,9-13,16H2,(H,26,29). The van der Waals surface area contributed by atoms with Crippen molar-refractivity contribution in [2.24, 2.45) is 0 Å². The number of aromatic nitrogens is 4. The summed E-state index contributed by atoms with van der Waals surface area (Å²) in [5, 5.41) is 12.4. The molecule has 1 aliphatic heterocycles. The lowest BCUT2D eigenvalue weighted by atomic mass is 9.92. The molecule has 150 valence electrons. The van der Waals surface area contributed by atoms with Crippen molar-refractivity contribution in [3.05, 3.63) is 70.8 Å². The van der Waals surface area contributed by atoms with Crippen molar-refractivity contribution in [1.29, 1.82) is 0 Å². The molecule has 0 spiro atoms. The average Bonchev–Trinajstić information content (AvgIpc) is 3.34. The van der Waals surface area contributed by atoms with E-state index >= 15 is 0 Å². The highest BCUT2D eigenvalue weighted by Gasteiger charge is 2.26. The number of aryl methyl sites for hydroxylation is 1. The molecule has 1 unspecified atom stereocenters. The van der Waals surface area contributed by atoms with Crippen molar-refractivity contribution in [2.75, 3.05) is 0 Å². The number of rotatable bonds is 5. The van der Waals surface area contributed by atoms with E-state index in [1.54, 1.807) is 0 Å². The zero-order valence-electron chi connectivity index (χ0n) is 16.7. The second-order valence-corrected chi connectivity index (χ2v) is 8.18. The van der Waals surface area contributed by atoms with Crippen LogP contribution in [-0.4, -0.2) is 25.5 Å². The zero-order valence-corrected chi connectivity index (χ0v) is 16.7. The lowest BCUT2D eigenvalue weighted by Gasteiger charge is -2.24. The fourth-order valence-corrected chi connectivity index (χ4v) is 4.71. The Bertz CT molecular complexity index is 1000. The molecule has 1 atom stereocenters. The Hall–Kier alpha value is -2.89. The van der Waals surface area contributed by atoms with Gasteiger partial charge in [0.25, 0.3) is 0 Å². The molecule has 6 nitrogen and oxygen atoms in total. The lowest BCUT2D eigenvalue weighted by molar-refractivity contribution is -0.121. The van der Waals surface area contributed by atoms with Crippen molar-refractivity contribution in [3.63, 3.8) is 0 Å². The molecule has 1 N–H and O–H groups in total. The van der Waals surface area contributed by atoms with Crippen LogP contribution in [0.2, 0.25) is 0 Å². The molecule has 29 heavy (non-hydrogen) atoms. The van der Waals surface area contributed by atoms with Gasteiger partial charge in [0.2, 0.25) is 5.91 Å². The first-order chi connectivity index (χ1) is 14.3. The summed E-state index contributed by atoms with van der Waals surface area (Å²) in [6.07, 6.45) is 10.7. The van der Waals surface area contributed by atoms with Crippen molar-refractivity contribution < 1.29 is 4.79 Å². The predicted molar refractivity (Wildman–Crippen MR) is 110 cm³/mol. The van der Waals surface area contributed by atoms with E-state index in [0.717, 1.165) is 44.3 Å². The Morgan fingerprint density at radius 1 is 1.03 bits per heavy atom. The van der Waals surface area contributed by atoms with E-state index < -0.39 is 0 Å². The Morgan fingerprint density at radius 3 is 2.79 bits per heavy atom. The van der Waals surface area contributed by atoms with Crippen LogP contribution in [0, 0.1) is 0 Å². The first-order valence-corrected chi connectivity index (χ1v) is 10.7. The second kappa shape index (κ2) is 7.85. The Balaban J connectivity index is 1.28. The molecule has 1 amide bonds. The molecular formula is C23H27N5O. The topological polar surface area (TPSA) is 64.7 Å². The van der Waals surface area contributed by atoms with Crippen LogP contribution in [0.15, 0.2) is 42.7 Å². The summed E-state index contributed by atoms with van der Waals surface area (Å²) in [6, 6.07) is 10.5. The molecule has 0 bridgehead atoms. The van der Waals surface area contributed by atoms with Gasteiger partial charge in [0.05, 0.1) is 31.4 Å². The second-order valence-electron chi connectivity index (χ2n) is 8.18. The van der Waals surface area contributed by atoms with Gasteiger partial charge >= 0.3 is 0 Å². The van der Waals surface area contributed by atoms with Gasteiger partial charge in [-0.3, -0.25) is 14.2 Å². The summed E-state index contributed by atoms with van der Waals surface area (Å²) in [6.45, 7) is 1.75. The monoisotopic (exact) mass is 389 g/mol. The van der Waals surface area contributed by atoms with Crippen LogP contribution in [0.4, 0.5) is 0 Å². The molecule has 2 aliphatic rings.